The van der Waals surface area contributed by atoms with Crippen molar-refractivity contribution in [2.45, 2.75) is 13.0 Å². The minimum atomic E-state index is -0.114. The fourth-order valence-electron chi connectivity index (χ4n) is 2.15. The summed E-state index contributed by atoms with van der Waals surface area (Å²) in [6, 6.07) is 15.3. The van der Waals surface area contributed by atoms with Crippen LogP contribution in [0, 0.1) is 0 Å². The molecule has 0 bridgehead atoms. The Morgan fingerprint density at radius 3 is 2.76 bits per heavy atom. The number of nitrogens with zero attached hydrogens (tertiary/aromatic N) is 1. The maximum Gasteiger partial charge on any atom is 0.251 e. The second kappa shape index (κ2) is 5.84. The highest BCUT2D eigenvalue weighted by Crippen LogP contribution is 2.26. The maximum atomic E-state index is 12.3. The Hall–Kier alpha value is -1.91. The van der Waals surface area contributed by atoms with Crippen LogP contribution in [0.4, 0.5) is 0 Å². The van der Waals surface area contributed by atoms with E-state index < -0.39 is 0 Å². The van der Waals surface area contributed by atoms with Gasteiger partial charge in [0.25, 0.3) is 5.91 Å². The van der Waals surface area contributed by atoms with Gasteiger partial charge in [-0.2, -0.15) is 0 Å². The average molecular weight is 317 g/mol. The number of benzene rings is 2. The van der Waals surface area contributed by atoms with E-state index in [0.717, 1.165) is 15.8 Å². The van der Waals surface area contributed by atoms with Gasteiger partial charge in [-0.3, -0.25) is 4.79 Å². The fourth-order valence-corrected chi connectivity index (χ4v) is 3.16. The summed E-state index contributed by atoms with van der Waals surface area (Å²) in [7, 11) is 0. The van der Waals surface area contributed by atoms with Gasteiger partial charge in [-0.1, -0.05) is 41.9 Å². The lowest BCUT2D eigenvalue weighted by Gasteiger charge is -2.14. The lowest BCUT2D eigenvalue weighted by molar-refractivity contribution is 0.0940. The van der Waals surface area contributed by atoms with E-state index in [9.17, 15) is 4.79 Å². The number of fused-ring (bicyclic) bond motifs is 1. The fraction of sp³-hybridized carbons (Fsp3) is 0.125. The van der Waals surface area contributed by atoms with Gasteiger partial charge in [0, 0.05) is 5.56 Å². The SMILES string of the molecule is CC(NC(=O)c1ccc2sc(Cl)nc2c1)c1ccccc1. The second-order valence-electron chi connectivity index (χ2n) is 4.76. The lowest BCUT2D eigenvalue weighted by Crippen LogP contribution is -2.26. The monoisotopic (exact) mass is 316 g/mol. The van der Waals surface area contributed by atoms with Crippen LogP contribution in [0.3, 0.4) is 0 Å². The zero-order valence-electron chi connectivity index (χ0n) is 11.3. The average Bonchev–Trinajstić information content (AvgIpc) is 2.87. The van der Waals surface area contributed by atoms with E-state index in [1.54, 1.807) is 12.1 Å². The number of carbonyl (C=O) groups is 1. The summed E-state index contributed by atoms with van der Waals surface area (Å²) >= 11 is 7.29. The van der Waals surface area contributed by atoms with E-state index in [4.69, 9.17) is 11.6 Å². The first-order chi connectivity index (χ1) is 10.1. The summed E-state index contributed by atoms with van der Waals surface area (Å²) in [4.78, 5) is 16.5. The van der Waals surface area contributed by atoms with Crippen LogP contribution in [0.25, 0.3) is 10.2 Å². The molecule has 1 atom stereocenters. The van der Waals surface area contributed by atoms with E-state index in [1.807, 2.05) is 43.3 Å². The number of nitrogens with one attached hydrogen (secondary N) is 1. The molecule has 0 aliphatic carbocycles. The highest BCUT2D eigenvalue weighted by atomic mass is 35.5. The normalized spacial score (nSPS) is 12.3. The smallest absolute Gasteiger partial charge is 0.251 e. The first-order valence-electron chi connectivity index (χ1n) is 6.55. The molecule has 21 heavy (non-hydrogen) atoms. The molecule has 0 radical (unpaired) electrons. The standard InChI is InChI=1S/C16H13ClN2OS/c1-10(11-5-3-2-4-6-11)18-15(20)12-7-8-14-13(9-12)19-16(17)21-14/h2-10H,1H3,(H,18,20). The number of hydrogen-bond acceptors (Lipinski definition) is 3. The summed E-state index contributed by atoms with van der Waals surface area (Å²) in [5, 5.41) is 2.99. The van der Waals surface area contributed by atoms with Gasteiger partial charge < -0.3 is 5.32 Å². The van der Waals surface area contributed by atoms with Gasteiger partial charge in [-0.25, -0.2) is 4.98 Å². The van der Waals surface area contributed by atoms with E-state index >= 15 is 0 Å². The van der Waals surface area contributed by atoms with Crippen LogP contribution >= 0.6 is 22.9 Å². The van der Waals surface area contributed by atoms with Crippen molar-refractivity contribution in [3.05, 3.63) is 64.1 Å². The van der Waals surface area contributed by atoms with Crippen LogP contribution in [0.1, 0.15) is 28.9 Å². The summed E-state index contributed by atoms with van der Waals surface area (Å²) < 4.78 is 1.47. The van der Waals surface area contributed by atoms with Crippen molar-refractivity contribution < 1.29 is 4.79 Å². The summed E-state index contributed by atoms with van der Waals surface area (Å²) in [6.45, 7) is 1.96. The van der Waals surface area contributed by atoms with Gasteiger partial charge in [-0.05, 0) is 30.7 Å². The first kappa shape index (κ1) is 14.0. The Morgan fingerprint density at radius 2 is 2.00 bits per heavy atom. The molecule has 0 aliphatic heterocycles. The summed E-state index contributed by atoms with van der Waals surface area (Å²) in [5.41, 5.74) is 2.42. The third kappa shape index (κ3) is 3.06. The van der Waals surface area contributed by atoms with Crippen LogP contribution in [-0.4, -0.2) is 10.9 Å². The van der Waals surface area contributed by atoms with Crippen molar-refractivity contribution in [1.82, 2.24) is 10.3 Å². The molecular weight excluding hydrogens is 304 g/mol. The van der Waals surface area contributed by atoms with Crippen molar-refractivity contribution in [3.8, 4) is 0 Å². The Morgan fingerprint density at radius 1 is 1.24 bits per heavy atom. The molecule has 1 N–H and O–H groups in total. The molecule has 1 heterocycles. The number of halogens is 1. The van der Waals surface area contributed by atoms with E-state index in [0.29, 0.717) is 10.0 Å². The third-order valence-corrected chi connectivity index (χ3v) is 4.41. The molecule has 1 unspecified atom stereocenters. The summed E-state index contributed by atoms with van der Waals surface area (Å²) in [6.07, 6.45) is 0. The molecular formula is C16H13ClN2OS. The van der Waals surface area contributed by atoms with Gasteiger partial charge in [0.05, 0.1) is 16.3 Å². The highest BCUT2D eigenvalue weighted by Gasteiger charge is 2.12. The van der Waals surface area contributed by atoms with Gasteiger partial charge >= 0.3 is 0 Å². The second-order valence-corrected chi connectivity index (χ2v) is 6.37. The number of rotatable bonds is 3. The molecule has 0 fully saturated rings. The van der Waals surface area contributed by atoms with Crippen LogP contribution in [0.15, 0.2) is 48.5 Å². The van der Waals surface area contributed by atoms with Crippen LogP contribution in [0.5, 0.6) is 0 Å². The molecule has 0 spiro atoms. The van der Waals surface area contributed by atoms with Gasteiger partial charge in [-0.15, -0.1) is 11.3 Å². The van der Waals surface area contributed by atoms with Crippen molar-refractivity contribution in [3.63, 3.8) is 0 Å². The molecule has 0 saturated heterocycles. The molecule has 106 valence electrons. The maximum absolute atomic E-state index is 12.3. The van der Waals surface area contributed by atoms with Crippen LogP contribution in [-0.2, 0) is 0 Å². The van der Waals surface area contributed by atoms with Crippen molar-refractivity contribution in [2.24, 2.45) is 0 Å². The van der Waals surface area contributed by atoms with E-state index in [1.165, 1.54) is 11.3 Å². The van der Waals surface area contributed by atoms with Crippen LogP contribution < -0.4 is 5.32 Å². The molecule has 5 heteroatoms. The molecule has 2 aromatic carbocycles. The van der Waals surface area contributed by atoms with Crippen LogP contribution in [0.2, 0.25) is 4.47 Å². The van der Waals surface area contributed by atoms with Gasteiger partial charge in [0.15, 0.2) is 4.47 Å². The zero-order chi connectivity index (χ0) is 14.8. The highest BCUT2D eigenvalue weighted by molar-refractivity contribution is 7.22. The zero-order valence-corrected chi connectivity index (χ0v) is 12.9. The predicted molar refractivity (Wildman–Crippen MR) is 87.0 cm³/mol. The van der Waals surface area contributed by atoms with Crippen molar-refractivity contribution in [1.29, 1.82) is 0 Å². The van der Waals surface area contributed by atoms with E-state index in [-0.39, 0.29) is 11.9 Å². The Balaban J connectivity index is 1.80. The molecule has 0 aliphatic rings. The summed E-state index contributed by atoms with van der Waals surface area (Å²) in [5.74, 6) is -0.114. The van der Waals surface area contributed by atoms with Gasteiger partial charge in [0.2, 0.25) is 0 Å². The molecule has 1 aromatic heterocycles. The molecule has 3 rings (SSSR count). The first-order valence-corrected chi connectivity index (χ1v) is 7.75. The van der Waals surface area contributed by atoms with E-state index in [2.05, 4.69) is 10.3 Å². The number of aromatic nitrogens is 1. The topological polar surface area (TPSA) is 42.0 Å². The lowest BCUT2D eigenvalue weighted by atomic mass is 10.1. The molecule has 3 aromatic rings. The van der Waals surface area contributed by atoms with Gasteiger partial charge in [0.1, 0.15) is 0 Å². The Bertz CT molecular complexity index is 785. The number of thiazole rings is 1. The van der Waals surface area contributed by atoms with Crippen molar-refractivity contribution >= 4 is 39.1 Å². The Kier molecular flexibility index (Phi) is 3.90. The number of hydrogen-bond donors (Lipinski definition) is 1. The Labute approximate surface area is 131 Å². The third-order valence-electron chi connectivity index (χ3n) is 3.27. The minimum absolute atomic E-state index is 0.0478. The molecule has 1 amide bonds. The molecule has 3 nitrogen and oxygen atoms in total. The quantitative estimate of drug-likeness (QED) is 0.776. The number of amides is 1. The number of carbonyl (C=O) groups excluding carboxylic acids is 1. The largest absolute Gasteiger partial charge is 0.346 e. The minimum Gasteiger partial charge on any atom is -0.346 e. The predicted octanol–water partition coefficient (Wildman–Crippen LogP) is 4.44. The van der Waals surface area contributed by atoms with Crippen molar-refractivity contribution in [2.75, 3.05) is 0 Å². The molecule has 0 saturated carbocycles.